The van der Waals surface area contributed by atoms with Crippen molar-refractivity contribution in [3.8, 4) is 0 Å². The molecule has 1 saturated carbocycles. The molecule has 0 spiro atoms. The average molecular weight is 295 g/mol. The maximum Gasteiger partial charge on any atom is 0.158 e. The molecule has 0 N–H and O–H groups in total. The van der Waals surface area contributed by atoms with Crippen LogP contribution in [0.15, 0.2) is 0 Å². The third kappa shape index (κ3) is 2.24. The van der Waals surface area contributed by atoms with Gasteiger partial charge in [0.25, 0.3) is 0 Å². The Kier molecular flexibility index (Phi) is 3.76. The van der Waals surface area contributed by atoms with E-state index >= 15 is 0 Å². The van der Waals surface area contributed by atoms with Crippen molar-refractivity contribution in [2.24, 2.45) is 18.9 Å². The van der Waals surface area contributed by atoms with E-state index in [1.54, 1.807) is 0 Å². The van der Waals surface area contributed by atoms with Crippen LogP contribution in [0.1, 0.15) is 37.7 Å². The van der Waals surface area contributed by atoms with Crippen LogP contribution in [0.3, 0.4) is 0 Å². The Morgan fingerprint density at radius 2 is 2.15 bits per heavy atom. The topological polar surface area (TPSA) is 35.6 Å². The van der Waals surface area contributed by atoms with Crippen molar-refractivity contribution in [2.45, 2.75) is 46.1 Å². The third-order valence-corrected chi connectivity index (χ3v) is 4.93. The predicted octanol–water partition coefficient (Wildman–Crippen LogP) is 3.30. The Balaban J connectivity index is 2.03. The molecular weight excluding hydrogens is 272 g/mol. The van der Waals surface area contributed by atoms with Crippen LogP contribution in [-0.2, 0) is 20.0 Å². The molecule has 0 bridgehead atoms. The smallest absolute Gasteiger partial charge is 0.158 e. The van der Waals surface area contributed by atoms with Crippen molar-refractivity contribution in [3.63, 3.8) is 0 Å². The van der Waals surface area contributed by atoms with Gasteiger partial charge < -0.3 is 4.57 Å². The quantitative estimate of drug-likeness (QED) is 0.811. The normalized spacial score (nSPS) is 23.0. The van der Waals surface area contributed by atoms with Crippen LogP contribution in [0, 0.1) is 18.8 Å². The van der Waals surface area contributed by atoms with Gasteiger partial charge in [-0.2, -0.15) is 5.10 Å². The van der Waals surface area contributed by atoms with Gasteiger partial charge in [0.15, 0.2) is 5.65 Å². The van der Waals surface area contributed by atoms with E-state index in [0.29, 0.717) is 5.88 Å². The van der Waals surface area contributed by atoms with Gasteiger partial charge in [-0.25, -0.2) is 4.98 Å². The Morgan fingerprint density at radius 1 is 1.35 bits per heavy atom. The van der Waals surface area contributed by atoms with Gasteiger partial charge in [0.2, 0.25) is 0 Å². The molecule has 0 radical (unpaired) electrons. The summed E-state index contributed by atoms with van der Waals surface area (Å²) in [6.45, 7) is 5.46. The first kappa shape index (κ1) is 13.9. The summed E-state index contributed by atoms with van der Waals surface area (Å²) in [6.07, 6.45) is 4.88. The molecule has 2 atom stereocenters. The minimum atomic E-state index is 0.621. The number of alkyl halides is 1. The lowest BCUT2D eigenvalue weighted by Crippen LogP contribution is -2.17. The minimum absolute atomic E-state index is 0.621. The second-order valence-electron chi connectivity index (χ2n) is 6.13. The van der Waals surface area contributed by atoms with Crippen molar-refractivity contribution < 1.29 is 0 Å². The molecule has 2 aromatic heterocycles. The Bertz CT molecular complexity index is 613. The lowest BCUT2D eigenvalue weighted by molar-refractivity contribution is 0.361. The summed E-state index contributed by atoms with van der Waals surface area (Å²) in [5.74, 6) is 3.31. The SMILES string of the molecule is Cc1nn(C)c2c1nc(CCCl)n2CC1CCCC1C. The molecule has 1 fully saturated rings. The first-order valence-corrected chi connectivity index (χ1v) is 8.10. The fourth-order valence-electron chi connectivity index (χ4n) is 3.58. The van der Waals surface area contributed by atoms with Gasteiger partial charge in [0.05, 0.1) is 5.69 Å². The molecule has 1 aliphatic rings. The molecule has 1 aliphatic carbocycles. The van der Waals surface area contributed by atoms with E-state index < -0.39 is 0 Å². The monoisotopic (exact) mass is 294 g/mol. The Labute approximate surface area is 125 Å². The summed E-state index contributed by atoms with van der Waals surface area (Å²) < 4.78 is 4.33. The van der Waals surface area contributed by atoms with Crippen LogP contribution < -0.4 is 0 Å². The molecule has 0 amide bonds. The summed E-state index contributed by atoms with van der Waals surface area (Å²) in [4.78, 5) is 4.79. The predicted molar refractivity (Wildman–Crippen MR) is 82.2 cm³/mol. The molecule has 20 heavy (non-hydrogen) atoms. The number of halogens is 1. The average Bonchev–Trinajstić information content (AvgIpc) is 3.03. The maximum atomic E-state index is 5.95. The number of imidazole rings is 1. The van der Waals surface area contributed by atoms with Crippen molar-refractivity contribution in [1.82, 2.24) is 19.3 Å². The highest BCUT2D eigenvalue weighted by Crippen LogP contribution is 2.33. The summed E-state index contributed by atoms with van der Waals surface area (Å²) in [5.41, 5.74) is 3.21. The highest BCUT2D eigenvalue weighted by atomic mass is 35.5. The molecule has 5 heteroatoms. The first-order valence-electron chi connectivity index (χ1n) is 7.56. The molecule has 2 aromatic rings. The van der Waals surface area contributed by atoms with E-state index in [2.05, 4.69) is 16.6 Å². The maximum absolute atomic E-state index is 5.95. The molecule has 0 aromatic carbocycles. The first-order chi connectivity index (χ1) is 9.61. The number of rotatable bonds is 4. The lowest BCUT2D eigenvalue weighted by Gasteiger charge is -2.18. The molecule has 0 saturated heterocycles. The van der Waals surface area contributed by atoms with Gasteiger partial charge in [-0.15, -0.1) is 11.6 Å². The zero-order valence-corrected chi connectivity index (χ0v) is 13.3. The van der Waals surface area contributed by atoms with Crippen LogP contribution in [0.25, 0.3) is 11.2 Å². The van der Waals surface area contributed by atoms with Crippen LogP contribution in [0.2, 0.25) is 0 Å². The largest absolute Gasteiger partial charge is 0.313 e. The number of hydrogen-bond donors (Lipinski definition) is 0. The standard InChI is InChI=1S/C15H23ClN4/c1-10-5-4-6-12(10)9-20-13(7-8-16)17-14-11(2)18-19(3)15(14)20/h10,12H,4-9H2,1-3H3. The van der Waals surface area contributed by atoms with Gasteiger partial charge in [-0.05, 0) is 25.2 Å². The highest BCUT2D eigenvalue weighted by Gasteiger charge is 2.26. The Hall–Kier alpha value is -1.03. The van der Waals surface area contributed by atoms with Gasteiger partial charge in [0, 0.05) is 25.9 Å². The Morgan fingerprint density at radius 3 is 2.80 bits per heavy atom. The van der Waals surface area contributed by atoms with E-state index in [4.69, 9.17) is 16.6 Å². The molecule has 3 rings (SSSR count). The number of hydrogen-bond acceptors (Lipinski definition) is 2. The summed E-state index contributed by atoms with van der Waals surface area (Å²) >= 11 is 5.95. The fraction of sp³-hybridized carbons (Fsp3) is 0.733. The summed E-state index contributed by atoms with van der Waals surface area (Å²) in [6, 6.07) is 0. The number of aryl methyl sites for hydroxylation is 3. The minimum Gasteiger partial charge on any atom is -0.313 e. The van der Waals surface area contributed by atoms with Gasteiger partial charge >= 0.3 is 0 Å². The van der Waals surface area contributed by atoms with Crippen LogP contribution in [0.5, 0.6) is 0 Å². The highest BCUT2D eigenvalue weighted by molar-refractivity contribution is 6.17. The summed E-state index contributed by atoms with van der Waals surface area (Å²) in [5, 5.41) is 4.51. The summed E-state index contributed by atoms with van der Waals surface area (Å²) in [7, 11) is 2.01. The lowest BCUT2D eigenvalue weighted by atomic mass is 9.98. The van der Waals surface area contributed by atoms with Crippen LogP contribution >= 0.6 is 11.6 Å². The van der Waals surface area contributed by atoms with Crippen LogP contribution in [0.4, 0.5) is 0 Å². The van der Waals surface area contributed by atoms with Crippen molar-refractivity contribution in [3.05, 3.63) is 11.5 Å². The zero-order chi connectivity index (χ0) is 14.3. The third-order valence-electron chi connectivity index (χ3n) is 4.74. The zero-order valence-electron chi connectivity index (χ0n) is 12.6. The van der Waals surface area contributed by atoms with Crippen molar-refractivity contribution in [2.75, 3.05) is 5.88 Å². The van der Waals surface area contributed by atoms with E-state index in [0.717, 1.165) is 47.5 Å². The van der Waals surface area contributed by atoms with Gasteiger partial charge in [-0.1, -0.05) is 19.8 Å². The number of fused-ring (bicyclic) bond motifs is 1. The number of nitrogens with zero attached hydrogens (tertiary/aromatic N) is 4. The van der Waals surface area contributed by atoms with E-state index in [1.807, 2.05) is 18.7 Å². The molecule has 2 heterocycles. The molecular formula is C15H23ClN4. The van der Waals surface area contributed by atoms with Gasteiger partial charge in [0.1, 0.15) is 11.3 Å². The number of aromatic nitrogens is 4. The van der Waals surface area contributed by atoms with Crippen molar-refractivity contribution in [1.29, 1.82) is 0 Å². The molecule has 4 nitrogen and oxygen atoms in total. The van der Waals surface area contributed by atoms with Crippen LogP contribution in [-0.4, -0.2) is 25.2 Å². The van der Waals surface area contributed by atoms with E-state index in [9.17, 15) is 0 Å². The second-order valence-corrected chi connectivity index (χ2v) is 6.51. The molecule has 2 unspecified atom stereocenters. The fourth-order valence-corrected chi connectivity index (χ4v) is 3.74. The molecule has 110 valence electrons. The molecule has 0 aliphatic heterocycles. The van der Waals surface area contributed by atoms with E-state index in [1.165, 1.54) is 19.3 Å². The van der Waals surface area contributed by atoms with E-state index in [-0.39, 0.29) is 0 Å². The van der Waals surface area contributed by atoms with Gasteiger partial charge in [-0.3, -0.25) is 4.68 Å². The van der Waals surface area contributed by atoms with Crippen molar-refractivity contribution >= 4 is 22.8 Å². The second kappa shape index (κ2) is 5.40.